The molecule has 7 heteroatoms. The zero-order valence-electron chi connectivity index (χ0n) is 8.61. The van der Waals surface area contributed by atoms with Gasteiger partial charge < -0.3 is 9.26 Å². The van der Waals surface area contributed by atoms with Gasteiger partial charge in [-0.05, 0) is 32.0 Å². The summed E-state index contributed by atoms with van der Waals surface area (Å²) >= 11 is 5.41. The zero-order chi connectivity index (χ0) is 11.4. The summed E-state index contributed by atoms with van der Waals surface area (Å²) in [6.07, 6.45) is -0.219. The lowest BCUT2D eigenvalue weighted by Crippen LogP contribution is -2.34. The van der Waals surface area contributed by atoms with Crippen LogP contribution in [-0.2, 0) is 18.6 Å². The highest BCUT2D eigenvalue weighted by molar-refractivity contribution is 7.83. The van der Waals surface area contributed by atoms with Crippen molar-refractivity contribution in [2.24, 2.45) is 0 Å². The largest absolute Gasteiger partial charge is 0.462 e. The fourth-order valence-electron chi connectivity index (χ4n) is 0.671. The molecule has 0 aromatic carbocycles. The molecule has 0 saturated carbocycles. The van der Waals surface area contributed by atoms with Crippen molar-refractivity contribution in [1.82, 2.24) is 5.09 Å². The lowest BCUT2D eigenvalue weighted by atomic mass is 10.4. The second kappa shape index (κ2) is 5.71. The summed E-state index contributed by atoms with van der Waals surface area (Å²) in [6.45, 7) is 1.54. The Labute approximate surface area is 88.4 Å². The van der Waals surface area contributed by atoms with Crippen LogP contribution >= 0.6 is 18.1 Å². The molecule has 0 aliphatic carbocycles. The molecule has 0 bridgehead atoms. The highest BCUT2D eigenvalue weighted by Gasteiger charge is 2.25. The van der Waals surface area contributed by atoms with Crippen LogP contribution in [0.2, 0.25) is 0 Å². The van der Waals surface area contributed by atoms with E-state index in [1.54, 1.807) is 13.8 Å². The quantitative estimate of drug-likeness (QED) is 0.590. The Morgan fingerprint density at radius 3 is 2.29 bits per heavy atom. The first-order valence-electron chi connectivity index (χ1n) is 4.12. The SMILES string of the molecule is COP(=O)(Cl)NC(C)C(=O)OC(C)C. The fraction of sp³-hybridized carbons (Fsp3) is 0.857. The Bertz CT molecular complexity index is 246. The second-order valence-corrected chi connectivity index (χ2v) is 5.92. The Kier molecular flexibility index (Phi) is 5.67. The summed E-state index contributed by atoms with van der Waals surface area (Å²) in [7, 11) is 1.20. The average Bonchev–Trinajstić information content (AvgIpc) is 2.02. The smallest absolute Gasteiger partial charge is 0.360 e. The third-order valence-electron chi connectivity index (χ3n) is 1.29. The van der Waals surface area contributed by atoms with E-state index in [0.29, 0.717) is 0 Å². The molecular weight excluding hydrogens is 229 g/mol. The Hall–Kier alpha value is -0.0900. The van der Waals surface area contributed by atoms with Gasteiger partial charge in [0.1, 0.15) is 6.04 Å². The third kappa shape index (κ3) is 5.60. The lowest BCUT2D eigenvalue weighted by Gasteiger charge is -2.17. The van der Waals surface area contributed by atoms with Gasteiger partial charge in [-0.1, -0.05) is 0 Å². The van der Waals surface area contributed by atoms with Crippen molar-refractivity contribution in [2.45, 2.75) is 32.9 Å². The van der Waals surface area contributed by atoms with Crippen molar-refractivity contribution in [2.75, 3.05) is 7.11 Å². The predicted molar refractivity (Wildman–Crippen MR) is 54.3 cm³/mol. The first-order chi connectivity index (χ1) is 6.28. The first kappa shape index (κ1) is 13.9. The lowest BCUT2D eigenvalue weighted by molar-refractivity contribution is -0.149. The van der Waals surface area contributed by atoms with Crippen LogP contribution in [0.15, 0.2) is 0 Å². The van der Waals surface area contributed by atoms with Crippen molar-refractivity contribution in [3.8, 4) is 0 Å². The number of carbonyl (C=O) groups excluding carboxylic acids is 1. The van der Waals surface area contributed by atoms with Crippen molar-refractivity contribution < 1.29 is 18.6 Å². The van der Waals surface area contributed by atoms with Crippen molar-refractivity contribution in [3.63, 3.8) is 0 Å². The minimum Gasteiger partial charge on any atom is -0.462 e. The monoisotopic (exact) mass is 243 g/mol. The summed E-state index contributed by atoms with van der Waals surface area (Å²) in [5.41, 5.74) is 0. The van der Waals surface area contributed by atoms with Crippen LogP contribution in [0.3, 0.4) is 0 Å². The van der Waals surface area contributed by atoms with E-state index in [1.807, 2.05) is 0 Å². The molecule has 0 aromatic rings. The van der Waals surface area contributed by atoms with Crippen LogP contribution in [0.1, 0.15) is 20.8 Å². The molecule has 2 unspecified atom stereocenters. The van der Waals surface area contributed by atoms with E-state index in [0.717, 1.165) is 0 Å². The van der Waals surface area contributed by atoms with Crippen molar-refractivity contribution in [3.05, 3.63) is 0 Å². The van der Waals surface area contributed by atoms with E-state index in [4.69, 9.17) is 16.0 Å². The van der Waals surface area contributed by atoms with Crippen molar-refractivity contribution in [1.29, 1.82) is 0 Å². The van der Waals surface area contributed by atoms with Gasteiger partial charge in [0, 0.05) is 7.11 Å². The van der Waals surface area contributed by atoms with Gasteiger partial charge in [-0.2, -0.15) is 0 Å². The fourth-order valence-corrected chi connectivity index (χ4v) is 1.78. The van der Waals surface area contributed by atoms with Crippen LogP contribution in [-0.4, -0.2) is 25.2 Å². The summed E-state index contributed by atoms with van der Waals surface area (Å²) in [4.78, 5) is 11.2. The van der Waals surface area contributed by atoms with Crippen LogP contribution in [0.25, 0.3) is 0 Å². The first-order valence-corrected chi connectivity index (χ1v) is 6.65. The van der Waals surface area contributed by atoms with Gasteiger partial charge in [-0.25, -0.2) is 5.09 Å². The molecule has 0 amide bonds. The van der Waals surface area contributed by atoms with Gasteiger partial charge >= 0.3 is 12.8 Å². The van der Waals surface area contributed by atoms with E-state index < -0.39 is 18.9 Å². The topological polar surface area (TPSA) is 64.6 Å². The van der Waals surface area contributed by atoms with Crippen molar-refractivity contribution >= 4 is 24.1 Å². The number of ether oxygens (including phenoxy) is 1. The number of esters is 1. The molecule has 0 radical (unpaired) electrons. The average molecular weight is 244 g/mol. The van der Waals surface area contributed by atoms with E-state index >= 15 is 0 Å². The van der Waals surface area contributed by atoms with Crippen LogP contribution in [0, 0.1) is 0 Å². The summed E-state index contributed by atoms with van der Waals surface area (Å²) in [5.74, 6) is -0.516. The van der Waals surface area contributed by atoms with E-state index in [-0.39, 0.29) is 6.10 Å². The Balaban J connectivity index is 4.15. The second-order valence-electron chi connectivity index (χ2n) is 3.00. The molecule has 0 aliphatic heterocycles. The minimum absolute atomic E-state index is 0.219. The summed E-state index contributed by atoms with van der Waals surface area (Å²) in [5, 5.41) is 2.34. The number of halogens is 1. The zero-order valence-corrected chi connectivity index (χ0v) is 10.3. The normalized spacial score (nSPS) is 17.6. The molecule has 14 heavy (non-hydrogen) atoms. The van der Waals surface area contributed by atoms with E-state index in [9.17, 15) is 9.36 Å². The van der Waals surface area contributed by atoms with Gasteiger partial charge in [-0.15, -0.1) is 0 Å². The maximum atomic E-state index is 11.2. The van der Waals surface area contributed by atoms with Gasteiger partial charge in [-0.3, -0.25) is 9.36 Å². The van der Waals surface area contributed by atoms with Crippen LogP contribution in [0.5, 0.6) is 0 Å². The molecule has 0 spiro atoms. The molecule has 0 rings (SSSR count). The maximum absolute atomic E-state index is 11.2. The molecule has 5 nitrogen and oxygen atoms in total. The third-order valence-corrected chi connectivity index (χ3v) is 3.16. The highest BCUT2D eigenvalue weighted by Crippen LogP contribution is 2.47. The molecule has 0 aliphatic rings. The van der Waals surface area contributed by atoms with E-state index in [2.05, 4.69) is 9.61 Å². The number of nitrogens with one attached hydrogen (secondary N) is 1. The number of carbonyl (C=O) groups is 1. The molecular formula is C7H15ClNO4P. The Morgan fingerprint density at radius 1 is 1.43 bits per heavy atom. The van der Waals surface area contributed by atoms with Crippen LogP contribution in [0.4, 0.5) is 0 Å². The highest BCUT2D eigenvalue weighted by atomic mass is 35.7. The minimum atomic E-state index is -3.41. The van der Waals surface area contributed by atoms with Gasteiger partial charge in [0.15, 0.2) is 0 Å². The van der Waals surface area contributed by atoms with E-state index in [1.165, 1.54) is 14.0 Å². The molecule has 0 fully saturated rings. The molecule has 2 atom stereocenters. The molecule has 0 heterocycles. The number of hydrogen-bond donors (Lipinski definition) is 1. The molecule has 0 aromatic heterocycles. The number of hydrogen-bond acceptors (Lipinski definition) is 4. The number of rotatable bonds is 5. The molecule has 0 saturated heterocycles. The Morgan fingerprint density at radius 2 is 1.93 bits per heavy atom. The van der Waals surface area contributed by atoms with Gasteiger partial charge in [0.05, 0.1) is 6.10 Å². The maximum Gasteiger partial charge on any atom is 0.360 e. The summed E-state index contributed by atoms with van der Waals surface area (Å²) in [6, 6.07) is -0.763. The molecule has 84 valence electrons. The molecule has 1 N–H and O–H groups in total. The summed E-state index contributed by atoms with van der Waals surface area (Å²) < 4.78 is 20.5. The van der Waals surface area contributed by atoms with Gasteiger partial charge in [0.2, 0.25) is 0 Å². The predicted octanol–water partition coefficient (Wildman–Crippen LogP) is 1.91. The standard InChI is InChI=1S/C7H15ClNO4P/c1-5(2)13-7(10)6(3)9-14(8,11)12-4/h5-6H,1-4H3,(H,9,11). The van der Waals surface area contributed by atoms with Gasteiger partial charge in [0.25, 0.3) is 0 Å². The van der Waals surface area contributed by atoms with Crippen LogP contribution < -0.4 is 5.09 Å².